The number of hydrogen-bond donors (Lipinski definition) is 0. The van der Waals surface area contributed by atoms with Crippen molar-refractivity contribution in [2.45, 2.75) is 17.8 Å². The van der Waals surface area contributed by atoms with Crippen LogP contribution in [-0.4, -0.2) is 23.3 Å². The van der Waals surface area contributed by atoms with Crippen LogP contribution in [0.3, 0.4) is 0 Å². The maximum absolute atomic E-state index is 12.6. The van der Waals surface area contributed by atoms with Crippen molar-refractivity contribution in [1.29, 1.82) is 0 Å². The summed E-state index contributed by atoms with van der Waals surface area (Å²) in [7, 11) is 0. The fourth-order valence-electron chi connectivity index (χ4n) is 1.88. The molecule has 1 atom stereocenters. The van der Waals surface area contributed by atoms with Crippen molar-refractivity contribution in [3.8, 4) is 0 Å². The molecule has 2 rings (SSSR count). The number of benzene rings is 1. The van der Waals surface area contributed by atoms with E-state index in [1.807, 2.05) is 0 Å². The van der Waals surface area contributed by atoms with Crippen molar-refractivity contribution in [1.82, 2.24) is 0 Å². The first-order valence-corrected chi connectivity index (χ1v) is 6.70. The number of imide groups is 1. The molecule has 7 heteroatoms. The van der Waals surface area contributed by atoms with E-state index in [1.165, 1.54) is 23.9 Å². The molecule has 1 aliphatic rings. The molecular weight excluding hydrogens is 279 g/mol. The van der Waals surface area contributed by atoms with Crippen LogP contribution >= 0.6 is 11.8 Å². The zero-order valence-electron chi connectivity index (χ0n) is 9.90. The molecule has 1 fully saturated rings. The summed E-state index contributed by atoms with van der Waals surface area (Å²) in [6, 6.07) is 4.23. The maximum Gasteiger partial charge on any atom is 0.416 e. The average molecular weight is 289 g/mol. The molecule has 0 spiro atoms. The van der Waals surface area contributed by atoms with Gasteiger partial charge in [0, 0.05) is 6.42 Å². The number of alkyl halides is 3. The summed E-state index contributed by atoms with van der Waals surface area (Å²) in [5.41, 5.74) is -0.903. The van der Waals surface area contributed by atoms with Crippen molar-refractivity contribution >= 4 is 29.3 Å². The highest BCUT2D eigenvalue weighted by Crippen LogP contribution is 2.34. The average Bonchev–Trinajstić information content (AvgIpc) is 2.63. The maximum atomic E-state index is 12.6. The lowest BCUT2D eigenvalue weighted by atomic mass is 10.2. The first-order chi connectivity index (χ1) is 8.84. The number of anilines is 1. The molecule has 0 aromatic heterocycles. The van der Waals surface area contributed by atoms with Gasteiger partial charge < -0.3 is 0 Å². The summed E-state index contributed by atoms with van der Waals surface area (Å²) < 4.78 is 37.8. The van der Waals surface area contributed by atoms with Crippen LogP contribution in [0.15, 0.2) is 24.3 Å². The number of rotatable bonds is 2. The van der Waals surface area contributed by atoms with Crippen molar-refractivity contribution in [2.75, 3.05) is 11.2 Å². The predicted molar refractivity (Wildman–Crippen MR) is 65.9 cm³/mol. The number of carbonyl (C=O) groups excluding carboxylic acids is 2. The Morgan fingerprint density at radius 3 is 2.53 bits per heavy atom. The Labute approximate surface area is 111 Å². The fraction of sp³-hybridized carbons (Fsp3) is 0.333. The largest absolute Gasteiger partial charge is 0.416 e. The molecule has 1 unspecified atom stereocenters. The lowest BCUT2D eigenvalue weighted by Gasteiger charge is -2.16. The topological polar surface area (TPSA) is 37.4 Å². The number of hydrogen-bond acceptors (Lipinski definition) is 3. The van der Waals surface area contributed by atoms with Gasteiger partial charge in [0.1, 0.15) is 0 Å². The normalized spacial score (nSPS) is 20.2. The molecule has 1 aromatic rings. The van der Waals surface area contributed by atoms with E-state index in [1.54, 1.807) is 6.26 Å². The van der Waals surface area contributed by atoms with Gasteiger partial charge in [0.05, 0.1) is 16.5 Å². The summed E-state index contributed by atoms with van der Waals surface area (Å²) in [5, 5.41) is -0.512. The van der Waals surface area contributed by atoms with E-state index in [-0.39, 0.29) is 12.1 Å². The Hall–Kier alpha value is -1.50. The lowest BCUT2D eigenvalue weighted by Crippen LogP contribution is -2.31. The van der Waals surface area contributed by atoms with E-state index in [4.69, 9.17) is 0 Å². The van der Waals surface area contributed by atoms with Crippen molar-refractivity contribution in [2.24, 2.45) is 0 Å². The van der Waals surface area contributed by atoms with Gasteiger partial charge in [0.15, 0.2) is 0 Å². The molecule has 1 aliphatic heterocycles. The molecule has 19 heavy (non-hydrogen) atoms. The smallest absolute Gasteiger partial charge is 0.274 e. The van der Waals surface area contributed by atoms with Crippen molar-refractivity contribution in [3.05, 3.63) is 29.8 Å². The van der Waals surface area contributed by atoms with Gasteiger partial charge >= 0.3 is 6.18 Å². The molecule has 102 valence electrons. The van der Waals surface area contributed by atoms with Gasteiger partial charge in [-0.2, -0.15) is 24.9 Å². The molecule has 1 aromatic carbocycles. The molecule has 1 saturated heterocycles. The van der Waals surface area contributed by atoms with Crippen LogP contribution in [0.25, 0.3) is 0 Å². The third kappa shape index (κ3) is 2.60. The van der Waals surface area contributed by atoms with Gasteiger partial charge in [-0.25, -0.2) is 4.90 Å². The van der Waals surface area contributed by atoms with Gasteiger partial charge in [-0.15, -0.1) is 0 Å². The Kier molecular flexibility index (Phi) is 3.58. The number of halogens is 3. The molecular formula is C12H10F3NO2S. The Morgan fingerprint density at radius 1 is 1.32 bits per heavy atom. The second-order valence-electron chi connectivity index (χ2n) is 4.04. The van der Waals surface area contributed by atoms with Gasteiger partial charge in [-0.1, -0.05) is 6.07 Å². The second-order valence-corrected chi connectivity index (χ2v) is 5.08. The lowest BCUT2D eigenvalue weighted by molar-refractivity contribution is -0.137. The van der Waals surface area contributed by atoms with Crippen LogP contribution in [0.5, 0.6) is 0 Å². The third-order valence-electron chi connectivity index (χ3n) is 2.82. The summed E-state index contributed by atoms with van der Waals surface area (Å²) in [4.78, 5) is 24.5. The Bertz CT molecular complexity index is 530. The van der Waals surface area contributed by atoms with Gasteiger partial charge in [0.25, 0.3) is 0 Å². The minimum atomic E-state index is -4.50. The number of carbonyl (C=O) groups is 2. The molecule has 1 heterocycles. The summed E-state index contributed by atoms with van der Waals surface area (Å²) in [6.45, 7) is 0. The molecule has 0 bridgehead atoms. The Balaban J connectivity index is 2.38. The van der Waals surface area contributed by atoms with E-state index >= 15 is 0 Å². The molecule has 0 aliphatic carbocycles. The quantitative estimate of drug-likeness (QED) is 0.786. The monoisotopic (exact) mass is 289 g/mol. The van der Waals surface area contributed by atoms with Crippen molar-refractivity contribution in [3.63, 3.8) is 0 Å². The van der Waals surface area contributed by atoms with Crippen LogP contribution in [0, 0.1) is 0 Å². The minimum absolute atomic E-state index is 0.0241. The van der Waals surface area contributed by atoms with Crippen LogP contribution < -0.4 is 4.90 Å². The summed E-state index contributed by atoms with van der Waals surface area (Å²) in [5.74, 6) is -0.930. The predicted octanol–water partition coefficient (Wildman–Crippen LogP) is 2.70. The highest BCUT2D eigenvalue weighted by molar-refractivity contribution is 8.00. The van der Waals surface area contributed by atoms with Crippen LogP contribution in [0.4, 0.5) is 18.9 Å². The third-order valence-corrected chi connectivity index (χ3v) is 3.76. The zero-order valence-corrected chi connectivity index (χ0v) is 10.7. The SMILES string of the molecule is CSC1CC(=O)N(c2cccc(C(F)(F)F)c2)C1=O. The molecule has 0 saturated carbocycles. The van der Waals surface area contributed by atoms with Crippen LogP contribution in [0.1, 0.15) is 12.0 Å². The van der Waals surface area contributed by atoms with Gasteiger partial charge in [0.2, 0.25) is 11.8 Å². The first-order valence-electron chi connectivity index (χ1n) is 5.41. The van der Waals surface area contributed by atoms with E-state index in [0.29, 0.717) is 0 Å². The highest BCUT2D eigenvalue weighted by atomic mass is 32.2. The second kappa shape index (κ2) is 4.88. The molecule has 0 N–H and O–H groups in total. The minimum Gasteiger partial charge on any atom is -0.274 e. The fourth-order valence-corrected chi connectivity index (χ4v) is 2.50. The van der Waals surface area contributed by atoms with E-state index in [0.717, 1.165) is 17.0 Å². The van der Waals surface area contributed by atoms with E-state index < -0.39 is 28.8 Å². The van der Waals surface area contributed by atoms with Gasteiger partial charge in [-0.05, 0) is 24.5 Å². The number of thioether (sulfide) groups is 1. The molecule has 2 amide bonds. The first kappa shape index (κ1) is 13.9. The standard InChI is InChI=1S/C12H10F3NO2S/c1-19-9-6-10(17)16(11(9)18)8-4-2-3-7(5-8)12(13,14)15/h2-5,9H,6H2,1H3. The van der Waals surface area contributed by atoms with E-state index in [9.17, 15) is 22.8 Å². The van der Waals surface area contributed by atoms with Crippen LogP contribution in [0.2, 0.25) is 0 Å². The van der Waals surface area contributed by atoms with Gasteiger partial charge in [-0.3, -0.25) is 9.59 Å². The van der Waals surface area contributed by atoms with Crippen LogP contribution in [-0.2, 0) is 15.8 Å². The molecule has 3 nitrogen and oxygen atoms in total. The number of nitrogens with zero attached hydrogens (tertiary/aromatic N) is 1. The number of amides is 2. The van der Waals surface area contributed by atoms with E-state index in [2.05, 4.69) is 0 Å². The van der Waals surface area contributed by atoms with Crippen molar-refractivity contribution < 1.29 is 22.8 Å². The summed E-state index contributed by atoms with van der Waals surface area (Å²) in [6.07, 6.45) is -2.79. The highest BCUT2D eigenvalue weighted by Gasteiger charge is 2.40. The Morgan fingerprint density at radius 2 is 2.00 bits per heavy atom. The zero-order chi connectivity index (χ0) is 14.2. The summed E-state index contributed by atoms with van der Waals surface area (Å²) >= 11 is 1.22. The molecule has 0 radical (unpaired) electrons.